The molecule has 9 heteroatoms. The Morgan fingerprint density at radius 1 is 1.43 bits per heavy atom. The second-order valence-corrected chi connectivity index (χ2v) is 5.19. The van der Waals surface area contributed by atoms with Gasteiger partial charge in [0.2, 0.25) is 5.28 Å². The summed E-state index contributed by atoms with van der Waals surface area (Å²) in [5.41, 5.74) is 0.686. The summed E-state index contributed by atoms with van der Waals surface area (Å²) in [5, 5.41) is 36.1. The van der Waals surface area contributed by atoms with E-state index in [1.165, 1.54) is 0 Å². The monoisotopic (exact) mass is 314 g/mol. The third kappa shape index (κ3) is 2.68. The number of aliphatic hydroxyl groups is 3. The maximum absolute atomic E-state index is 10.1. The fraction of sp³-hybridized carbons (Fsp3) is 0.500. The van der Waals surface area contributed by atoms with Crippen LogP contribution in [0.2, 0.25) is 5.28 Å². The molecule has 0 unspecified atom stereocenters. The average molecular weight is 315 g/mol. The Bertz CT molecular complexity index is 637. The predicted octanol–water partition coefficient (Wildman–Crippen LogP) is -0.724. The van der Waals surface area contributed by atoms with Crippen molar-refractivity contribution in [1.82, 2.24) is 14.6 Å². The highest BCUT2D eigenvalue weighted by molar-refractivity contribution is 6.28. The van der Waals surface area contributed by atoms with Crippen molar-refractivity contribution >= 4 is 22.9 Å². The van der Waals surface area contributed by atoms with Gasteiger partial charge in [-0.15, -0.1) is 5.10 Å². The normalized spacial score (nSPS) is 29.7. The molecule has 1 saturated heterocycles. The van der Waals surface area contributed by atoms with Crippen molar-refractivity contribution in [3.8, 4) is 0 Å². The van der Waals surface area contributed by atoms with Crippen LogP contribution in [0.1, 0.15) is 0 Å². The summed E-state index contributed by atoms with van der Waals surface area (Å²) in [6.45, 7) is -0.231. The molecule has 1 fully saturated rings. The van der Waals surface area contributed by atoms with Gasteiger partial charge in [-0.05, 0) is 23.7 Å². The number of aliphatic hydroxyl groups excluding tert-OH is 3. The lowest BCUT2D eigenvalue weighted by molar-refractivity contribution is -0.152. The zero-order chi connectivity index (χ0) is 15.0. The molecule has 114 valence electrons. The van der Waals surface area contributed by atoms with E-state index < -0.39 is 24.4 Å². The van der Waals surface area contributed by atoms with E-state index in [4.69, 9.17) is 21.4 Å². The number of aromatic nitrogens is 3. The third-order valence-electron chi connectivity index (χ3n) is 3.50. The first-order valence-corrected chi connectivity index (χ1v) is 6.84. The minimum atomic E-state index is -1.18. The Morgan fingerprint density at radius 2 is 2.24 bits per heavy atom. The van der Waals surface area contributed by atoms with Crippen LogP contribution in [0.4, 0.5) is 5.82 Å². The van der Waals surface area contributed by atoms with E-state index >= 15 is 0 Å². The number of rotatable bonds is 3. The molecule has 8 nitrogen and oxygen atoms in total. The Hall–Kier alpha value is -1.45. The number of hydrogen-bond donors (Lipinski definition) is 4. The summed E-state index contributed by atoms with van der Waals surface area (Å²) in [4.78, 5) is 4.09. The number of ether oxygens (including phenoxy) is 1. The first-order valence-electron chi connectivity index (χ1n) is 6.46. The predicted molar refractivity (Wildman–Crippen MR) is 74.2 cm³/mol. The molecule has 0 amide bonds. The second-order valence-electron chi connectivity index (χ2n) is 4.85. The van der Waals surface area contributed by atoms with Gasteiger partial charge in [0.05, 0.1) is 19.3 Å². The van der Waals surface area contributed by atoms with Crippen molar-refractivity contribution in [3.05, 3.63) is 23.6 Å². The van der Waals surface area contributed by atoms with E-state index in [-0.39, 0.29) is 18.5 Å². The summed E-state index contributed by atoms with van der Waals surface area (Å²) >= 11 is 5.85. The van der Waals surface area contributed by atoms with E-state index in [1.54, 1.807) is 22.8 Å². The number of fused-ring (bicyclic) bond motifs is 1. The number of hydrogen-bond acceptors (Lipinski definition) is 7. The number of halogens is 1. The molecule has 21 heavy (non-hydrogen) atoms. The molecule has 0 bridgehead atoms. The zero-order valence-corrected chi connectivity index (χ0v) is 11.7. The molecular formula is C12H15ClN4O4. The van der Waals surface area contributed by atoms with Crippen molar-refractivity contribution in [2.75, 3.05) is 18.5 Å². The summed E-state index contributed by atoms with van der Waals surface area (Å²) in [6, 6.07) is 3.00. The van der Waals surface area contributed by atoms with Gasteiger partial charge < -0.3 is 25.4 Å². The first-order chi connectivity index (χ1) is 10.1. The SMILES string of the molecule is OC[C@H]1OC[C@H](Nc2nc(Cl)nn3cccc23)[C@@H](O)[C@H]1O. The van der Waals surface area contributed by atoms with E-state index in [1.807, 2.05) is 0 Å². The highest BCUT2D eigenvalue weighted by atomic mass is 35.5. The topological polar surface area (TPSA) is 112 Å². The molecule has 1 aliphatic rings. The van der Waals surface area contributed by atoms with E-state index in [0.29, 0.717) is 11.3 Å². The van der Waals surface area contributed by atoms with Crippen molar-refractivity contribution in [2.45, 2.75) is 24.4 Å². The summed E-state index contributed by atoms with van der Waals surface area (Å²) in [6.07, 6.45) is -1.35. The highest BCUT2D eigenvalue weighted by Gasteiger charge is 2.38. The second kappa shape index (κ2) is 5.74. The van der Waals surface area contributed by atoms with Crippen LogP contribution in [0.15, 0.2) is 18.3 Å². The fourth-order valence-corrected chi connectivity index (χ4v) is 2.53. The van der Waals surface area contributed by atoms with Crippen LogP contribution in [0.5, 0.6) is 0 Å². The van der Waals surface area contributed by atoms with Gasteiger partial charge in [0.15, 0.2) is 5.82 Å². The number of nitrogens with zero attached hydrogens (tertiary/aromatic N) is 3. The zero-order valence-electron chi connectivity index (χ0n) is 10.9. The van der Waals surface area contributed by atoms with Gasteiger partial charge in [-0.3, -0.25) is 0 Å². The van der Waals surface area contributed by atoms with Crippen molar-refractivity contribution in [2.24, 2.45) is 0 Å². The van der Waals surface area contributed by atoms with Gasteiger partial charge in [-0.25, -0.2) is 4.52 Å². The molecule has 4 atom stereocenters. The Labute approximate surface area is 124 Å². The van der Waals surface area contributed by atoms with Crippen LogP contribution in [0, 0.1) is 0 Å². The van der Waals surface area contributed by atoms with Crippen molar-refractivity contribution < 1.29 is 20.1 Å². The van der Waals surface area contributed by atoms with E-state index in [2.05, 4.69) is 15.4 Å². The van der Waals surface area contributed by atoms with Gasteiger partial charge in [-0.1, -0.05) is 0 Å². The molecule has 0 spiro atoms. The smallest absolute Gasteiger partial charge is 0.243 e. The first kappa shape index (κ1) is 14.5. The molecular weight excluding hydrogens is 300 g/mol. The Morgan fingerprint density at radius 3 is 3.00 bits per heavy atom. The lowest BCUT2D eigenvalue weighted by atomic mass is 9.98. The molecule has 0 saturated carbocycles. The number of anilines is 1. The maximum atomic E-state index is 10.1. The molecule has 0 radical (unpaired) electrons. The third-order valence-corrected chi connectivity index (χ3v) is 3.66. The molecule has 0 aromatic carbocycles. The van der Waals surface area contributed by atoms with Gasteiger partial charge >= 0.3 is 0 Å². The van der Waals surface area contributed by atoms with Crippen molar-refractivity contribution in [1.29, 1.82) is 0 Å². The van der Waals surface area contributed by atoms with Crippen molar-refractivity contribution in [3.63, 3.8) is 0 Å². The maximum Gasteiger partial charge on any atom is 0.243 e. The summed E-state index contributed by atoms with van der Waals surface area (Å²) < 4.78 is 6.87. The van der Waals surface area contributed by atoms with Gasteiger partial charge in [0.1, 0.15) is 23.8 Å². The van der Waals surface area contributed by atoms with Crippen LogP contribution in [-0.2, 0) is 4.74 Å². The van der Waals surface area contributed by atoms with Gasteiger partial charge in [-0.2, -0.15) is 4.98 Å². The lowest BCUT2D eigenvalue weighted by Gasteiger charge is -2.37. The van der Waals surface area contributed by atoms with E-state index in [0.717, 1.165) is 0 Å². The number of nitrogens with one attached hydrogen (secondary N) is 1. The molecule has 2 aromatic heterocycles. The van der Waals surface area contributed by atoms with Gasteiger partial charge in [0.25, 0.3) is 0 Å². The average Bonchev–Trinajstić information content (AvgIpc) is 2.92. The molecule has 0 aliphatic carbocycles. The van der Waals surface area contributed by atoms with Crippen LogP contribution >= 0.6 is 11.6 Å². The molecule has 3 heterocycles. The molecule has 4 N–H and O–H groups in total. The standard InChI is InChI=1S/C12H15ClN4O4/c13-12-15-11(7-2-1-3-17(7)16-12)14-6-5-21-8(4-18)10(20)9(6)19/h1-3,6,8-10,18-20H,4-5H2,(H,14,15,16)/t6-,8+,9+,10-/m0/s1. The van der Waals surface area contributed by atoms with Crippen LogP contribution < -0.4 is 5.32 Å². The molecule has 1 aliphatic heterocycles. The van der Waals surface area contributed by atoms with Crippen LogP contribution in [0.3, 0.4) is 0 Å². The summed E-state index contributed by atoms with van der Waals surface area (Å²) in [7, 11) is 0. The van der Waals surface area contributed by atoms with Crippen LogP contribution in [-0.4, -0.2) is 67.5 Å². The summed E-state index contributed by atoms with van der Waals surface area (Å²) in [5.74, 6) is 0.433. The Balaban J connectivity index is 1.84. The minimum Gasteiger partial charge on any atom is -0.394 e. The Kier molecular flexibility index (Phi) is 3.96. The quantitative estimate of drug-likeness (QED) is 0.591. The molecule has 2 aromatic rings. The minimum absolute atomic E-state index is 0.0567. The van der Waals surface area contributed by atoms with E-state index in [9.17, 15) is 10.2 Å². The highest BCUT2D eigenvalue weighted by Crippen LogP contribution is 2.22. The molecule has 3 rings (SSSR count). The van der Waals surface area contributed by atoms with Gasteiger partial charge in [0, 0.05) is 6.20 Å². The largest absolute Gasteiger partial charge is 0.394 e. The fourth-order valence-electron chi connectivity index (χ4n) is 2.36. The van der Waals surface area contributed by atoms with Crippen LogP contribution in [0.25, 0.3) is 5.52 Å². The lowest BCUT2D eigenvalue weighted by Crippen LogP contribution is -2.56.